The molecule has 1 fully saturated rings. The highest BCUT2D eigenvalue weighted by molar-refractivity contribution is 7.91. The zero-order valence-corrected chi connectivity index (χ0v) is 13.0. The maximum absolute atomic E-state index is 12.2. The van der Waals surface area contributed by atoms with Gasteiger partial charge in [0.2, 0.25) is 0 Å². The van der Waals surface area contributed by atoms with Crippen LogP contribution in [0.2, 0.25) is 0 Å². The number of hydrogen-bond donors (Lipinski definition) is 0. The minimum Gasteiger partial charge on any atom is -0.465 e. The van der Waals surface area contributed by atoms with E-state index in [0.29, 0.717) is 5.56 Å². The number of hydrogen-bond acceptors (Lipinski definition) is 5. The van der Waals surface area contributed by atoms with E-state index in [4.69, 9.17) is 4.74 Å². The predicted octanol–water partition coefficient (Wildman–Crippen LogP) is 1.58. The second-order valence-electron chi connectivity index (χ2n) is 5.34. The molecule has 0 radical (unpaired) electrons. The van der Waals surface area contributed by atoms with Crippen molar-refractivity contribution in [2.75, 3.05) is 12.9 Å². The Bertz CT molecular complexity index is 702. The molecule has 1 aromatic rings. The average Bonchev–Trinajstić information content (AvgIpc) is 3.10. The SMILES string of the molecule is CCOC(=O)[C@]1(C#N)[C@H](c2ccc(C)cc2)[C@@H]1S(C)(=O)=O. The van der Waals surface area contributed by atoms with Gasteiger partial charge in [-0.1, -0.05) is 29.8 Å². The zero-order valence-electron chi connectivity index (χ0n) is 12.2. The number of sulfone groups is 1. The van der Waals surface area contributed by atoms with E-state index in [1.165, 1.54) is 0 Å². The Morgan fingerprint density at radius 1 is 1.38 bits per heavy atom. The maximum atomic E-state index is 12.2. The number of aryl methyl sites for hydroxylation is 1. The Labute approximate surface area is 124 Å². The van der Waals surface area contributed by atoms with Crippen LogP contribution in [0.5, 0.6) is 0 Å². The van der Waals surface area contributed by atoms with Gasteiger partial charge >= 0.3 is 5.97 Å². The minimum absolute atomic E-state index is 0.110. The Morgan fingerprint density at radius 2 is 1.95 bits per heavy atom. The van der Waals surface area contributed by atoms with Crippen LogP contribution in [0.25, 0.3) is 0 Å². The van der Waals surface area contributed by atoms with Crippen molar-refractivity contribution in [2.24, 2.45) is 5.41 Å². The third-order valence-corrected chi connectivity index (χ3v) is 5.40. The van der Waals surface area contributed by atoms with E-state index in [0.717, 1.165) is 11.8 Å². The van der Waals surface area contributed by atoms with Gasteiger partial charge in [-0.25, -0.2) is 8.42 Å². The lowest BCUT2D eigenvalue weighted by Gasteiger charge is -2.08. The van der Waals surface area contributed by atoms with Crippen molar-refractivity contribution in [3.8, 4) is 6.07 Å². The molecule has 0 aliphatic heterocycles. The number of carbonyl (C=O) groups excluding carboxylic acids is 1. The number of nitriles is 1. The highest BCUT2D eigenvalue weighted by atomic mass is 32.2. The van der Waals surface area contributed by atoms with Gasteiger partial charge in [0.05, 0.1) is 12.7 Å². The first-order chi connectivity index (χ1) is 9.79. The lowest BCUT2D eigenvalue weighted by molar-refractivity contribution is -0.147. The minimum atomic E-state index is -3.54. The molecule has 0 aromatic heterocycles. The fourth-order valence-corrected chi connectivity index (χ4v) is 4.58. The molecular formula is C15H17NO4S. The van der Waals surface area contributed by atoms with Crippen LogP contribution in [0.4, 0.5) is 0 Å². The summed E-state index contributed by atoms with van der Waals surface area (Å²) in [4.78, 5) is 12.2. The van der Waals surface area contributed by atoms with Crippen molar-refractivity contribution in [1.29, 1.82) is 5.26 Å². The number of esters is 1. The molecule has 0 spiro atoms. The van der Waals surface area contributed by atoms with E-state index < -0.39 is 32.4 Å². The molecule has 21 heavy (non-hydrogen) atoms. The number of benzene rings is 1. The van der Waals surface area contributed by atoms with Crippen LogP contribution < -0.4 is 0 Å². The van der Waals surface area contributed by atoms with E-state index >= 15 is 0 Å². The molecule has 0 bridgehead atoms. The summed E-state index contributed by atoms with van der Waals surface area (Å²) in [5.74, 6) is -1.43. The van der Waals surface area contributed by atoms with Crippen molar-refractivity contribution in [3.05, 3.63) is 35.4 Å². The molecule has 112 valence electrons. The van der Waals surface area contributed by atoms with Crippen molar-refractivity contribution in [3.63, 3.8) is 0 Å². The fraction of sp³-hybridized carbons (Fsp3) is 0.467. The Balaban J connectivity index is 2.50. The molecule has 0 saturated heterocycles. The van der Waals surface area contributed by atoms with Crippen LogP contribution in [0.1, 0.15) is 24.0 Å². The topological polar surface area (TPSA) is 84.2 Å². The Morgan fingerprint density at radius 3 is 2.38 bits per heavy atom. The van der Waals surface area contributed by atoms with E-state index in [9.17, 15) is 18.5 Å². The lowest BCUT2D eigenvalue weighted by atomic mass is 10.00. The van der Waals surface area contributed by atoms with Gasteiger partial charge in [-0.2, -0.15) is 5.26 Å². The van der Waals surface area contributed by atoms with Gasteiger partial charge in [0.25, 0.3) is 0 Å². The number of nitrogens with zero attached hydrogens (tertiary/aromatic N) is 1. The summed E-state index contributed by atoms with van der Waals surface area (Å²) in [7, 11) is -3.54. The molecule has 1 aliphatic rings. The quantitative estimate of drug-likeness (QED) is 0.788. The first kappa shape index (κ1) is 15.5. The molecule has 6 heteroatoms. The van der Waals surface area contributed by atoms with Crippen LogP contribution in [-0.4, -0.2) is 32.5 Å². The number of rotatable bonds is 4. The van der Waals surface area contributed by atoms with Crippen LogP contribution in [0.15, 0.2) is 24.3 Å². The second kappa shape index (κ2) is 5.15. The van der Waals surface area contributed by atoms with Crippen LogP contribution in [0, 0.1) is 23.7 Å². The molecule has 2 rings (SSSR count). The molecule has 3 atom stereocenters. The van der Waals surface area contributed by atoms with Crippen molar-refractivity contribution >= 4 is 15.8 Å². The van der Waals surface area contributed by atoms with Gasteiger partial charge in [-0.3, -0.25) is 4.79 Å². The summed E-state index contributed by atoms with van der Waals surface area (Å²) in [5.41, 5.74) is 0.0680. The highest BCUT2D eigenvalue weighted by Crippen LogP contribution is 2.63. The van der Waals surface area contributed by atoms with Crippen LogP contribution in [-0.2, 0) is 19.4 Å². The van der Waals surface area contributed by atoms with Crippen molar-refractivity contribution in [1.82, 2.24) is 0 Å². The van der Waals surface area contributed by atoms with Gasteiger partial charge < -0.3 is 4.74 Å². The summed E-state index contributed by atoms with van der Waals surface area (Å²) in [6.07, 6.45) is 1.05. The molecule has 1 saturated carbocycles. The van der Waals surface area contributed by atoms with Gasteiger partial charge in [0.1, 0.15) is 5.25 Å². The molecule has 0 heterocycles. The van der Waals surface area contributed by atoms with E-state index in [1.807, 2.05) is 25.1 Å². The zero-order chi connectivity index (χ0) is 15.8. The van der Waals surface area contributed by atoms with E-state index in [2.05, 4.69) is 0 Å². The highest BCUT2D eigenvalue weighted by Gasteiger charge is 2.76. The third kappa shape index (κ3) is 2.42. The molecule has 0 N–H and O–H groups in total. The first-order valence-corrected chi connectivity index (χ1v) is 8.58. The predicted molar refractivity (Wildman–Crippen MR) is 77.2 cm³/mol. The normalized spacial score (nSPS) is 27.7. The van der Waals surface area contributed by atoms with Crippen LogP contribution >= 0.6 is 0 Å². The standard InChI is InChI=1S/C15H17NO4S/c1-4-20-14(17)15(9-16)12(13(15)21(3,18)19)11-7-5-10(2)6-8-11/h5-8,12-13H,4H2,1-3H3/t12-,13+,15-/m1/s1. The van der Waals surface area contributed by atoms with Gasteiger partial charge in [0.15, 0.2) is 15.3 Å². The number of ether oxygens (including phenoxy) is 1. The van der Waals surface area contributed by atoms with Crippen molar-refractivity contribution in [2.45, 2.75) is 25.0 Å². The van der Waals surface area contributed by atoms with Gasteiger partial charge in [-0.15, -0.1) is 0 Å². The Hall–Kier alpha value is -1.87. The average molecular weight is 307 g/mol. The van der Waals surface area contributed by atoms with Crippen molar-refractivity contribution < 1.29 is 17.9 Å². The fourth-order valence-electron chi connectivity index (χ4n) is 2.82. The molecule has 5 nitrogen and oxygen atoms in total. The largest absolute Gasteiger partial charge is 0.465 e. The van der Waals surface area contributed by atoms with E-state index in [1.54, 1.807) is 19.1 Å². The summed E-state index contributed by atoms with van der Waals surface area (Å²) >= 11 is 0. The monoisotopic (exact) mass is 307 g/mol. The number of carbonyl (C=O) groups is 1. The molecule has 1 aliphatic carbocycles. The lowest BCUT2D eigenvalue weighted by Crippen LogP contribution is -2.24. The Kier molecular flexibility index (Phi) is 3.81. The molecule has 1 aromatic carbocycles. The van der Waals surface area contributed by atoms with E-state index in [-0.39, 0.29) is 6.61 Å². The maximum Gasteiger partial charge on any atom is 0.328 e. The summed E-state index contributed by atoms with van der Waals surface area (Å²) in [6, 6.07) is 9.09. The van der Waals surface area contributed by atoms with Gasteiger partial charge in [0, 0.05) is 12.2 Å². The summed E-state index contributed by atoms with van der Waals surface area (Å²) in [5, 5.41) is 8.41. The smallest absolute Gasteiger partial charge is 0.328 e. The molecule has 0 amide bonds. The molecular weight excluding hydrogens is 290 g/mol. The van der Waals surface area contributed by atoms with Crippen LogP contribution in [0.3, 0.4) is 0 Å². The summed E-state index contributed by atoms with van der Waals surface area (Å²) < 4.78 is 28.9. The molecule has 0 unspecified atom stereocenters. The first-order valence-electron chi connectivity index (χ1n) is 6.63. The second-order valence-corrected chi connectivity index (χ2v) is 7.51. The van der Waals surface area contributed by atoms with Gasteiger partial charge in [-0.05, 0) is 19.4 Å². The summed E-state index contributed by atoms with van der Waals surface area (Å²) in [6.45, 7) is 3.65. The third-order valence-electron chi connectivity index (χ3n) is 3.83.